The van der Waals surface area contributed by atoms with E-state index >= 15 is 0 Å². The summed E-state index contributed by atoms with van der Waals surface area (Å²) >= 11 is 6.08. The fourth-order valence-corrected chi connectivity index (χ4v) is 3.76. The minimum absolute atomic E-state index is 0.0442. The minimum Gasteiger partial charge on any atom is -0.361 e. The second-order valence-electron chi connectivity index (χ2n) is 6.99. The Balaban J connectivity index is 1.38. The maximum Gasteiger partial charge on any atom is 0.229 e. The molecule has 2 heterocycles. The van der Waals surface area contributed by atoms with Gasteiger partial charge in [-0.3, -0.25) is 9.59 Å². The number of nitrogens with one attached hydrogen (secondary N) is 2. The van der Waals surface area contributed by atoms with Gasteiger partial charge in [-0.15, -0.1) is 0 Å². The van der Waals surface area contributed by atoms with Crippen LogP contribution in [0.3, 0.4) is 0 Å². The molecular formula is C21H19ClFN3O2. The van der Waals surface area contributed by atoms with Gasteiger partial charge in [-0.1, -0.05) is 17.7 Å². The first kappa shape index (κ1) is 18.5. The predicted octanol–water partition coefficient (Wildman–Crippen LogP) is 3.99. The molecule has 1 aliphatic rings. The van der Waals surface area contributed by atoms with Crippen LogP contribution in [0.2, 0.25) is 5.02 Å². The molecule has 1 aromatic heterocycles. The molecule has 0 saturated carbocycles. The van der Waals surface area contributed by atoms with Crippen LogP contribution in [0.5, 0.6) is 0 Å². The van der Waals surface area contributed by atoms with Crippen LogP contribution in [0.1, 0.15) is 12.0 Å². The van der Waals surface area contributed by atoms with Crippen LogP contribution in [0.25, 0.3) is 10.9 Å². The van der Waals surface area contributed by atoms with Gasteiger partial charge in [0, 0.05) is 47.3 Å². The zero-order valence-corrected chi connectivity index (χ0v) is 15.8. The Labute approximate surface area is 166 Å². The van der Waals surface area contributed by atoms with Gasteiger partial charge in [0.05, 0.1) is 5.92 Å². The van der Waals surface area contributed by atoms with Crippen molar-refractivity contribution < 1.29 is 14.0 Å². The quantitative estimate of drug-likeness (QED) is 0.681. The molecule has 0 spiro atoms. The van der Waals surface area contributed by atoms with E-state index in [-0.39, 0.29) is 18.2 Å². The van der Waals surface area contributed by atoms with E-state index in [2.05, 4.69) is 10.3 Å². The van der Waals surface area contributed by atoms with E-state index in [0.29, 0.717) is 30.2 Å². The minimum atomic E-state index is -0.437. The first-order valence-electron chi connectivity index (χ1n) is 9.09. The maximum absolute atomic E-state index is 13.3. The van der Waals surface area contributed by atoms with Crippen LogP contribution in [0.4, 0.5) is 10.1 Å². The van der Waals surface area contributed by atoms with E-state index in [1.807, 2.05) is 24.4 Å². The van der Waals surface area contributed by atoms with Crippen molar-refractivity contribution in [2.45, 2.75) is 12.8 Å². The van der Waals surface area contributed by atoms with E-state index in [1.54, 1.807) is 11.0 Å². The molecule has 1 atom stereocenters. The van der Waals surface area contributed by atoms with E-state index in [9.17, 15) is 14.0 Å². The Morgan fingerprint density at radius 3 is 2.96 bits per heavy atom. The summed E-state index contributed by atoms with van der Waals surface area (Å²) in [5.41, 5.74) is 2.48. The summed E-state index contributed by atoms with van der Waals surface area (Å²) < 4.78 is 13.3. The first-order chi connectivity index (χ1) is 13.5. The van der Waals surface area contributed by atoms with Crippen molar-refractivity contribution in [2.75, 3.05) is 18.4 Å². The molecular weight excluding hydrogens is 381 g/mol. The zero-order valence-electron chi connectivity index (χ0n) is 15.0. The number of hydrogen-bond acceptors (Lipinski definition) is 2. The van der Waals surface area contributed by atoms with Crippen LogP contribution in [0, 0.1) is 11.7 Å². The van der Waals surface area contributed by atoms with Gasteiger partial charge in [-0.2, -0.15) is 0 Å². The van der Waals surface area contributed by atoms with Gasteiger partial charge in [0.1, 0.15) is 5.82 Å². The van der Waals surface area contributed by atoms with Crippen LogP contribution in [0.15, 0.2) is 48.7 Å². The third-order valence-electron chi connectivity index (χ3n) is 5.06. The Kier molecular flexibility index (Phi) is 5.05. The highest BCUT2D eigenvalue weighted by atomic mass is 35.5. The third kappa shape index (κ3) is 3.87. The molecule has 0 aliphatic carbocycles. The van der Waals surface area contributed by atoms with Crippen molar-refractivity contribution in [1.29, 1.82) is 0 Å². The molecule has 2 amide bonds. The van der Waals surface area contributed by atoms with Crippen molar-refractivity contribution in [2.24, 2.45) is 5.92 Å². The Morgan fingerprint density at radius 1 is 1.29 bits per heavy atom. The summed E-state index contributed by atoms with van der Waals surface area (Å²) in [5, 5.41) is 4.40. The topological polar surface area (TPSA) is 65.2 Å². The summed E-state index contributed by atoms with van der Waals surface area (Å²) in [6.07, 6.45) is 2.76. The molecule has 5 nitrogen and oxygen atoms in total. The molecule has 2 N–H and O–H groups in total. The highest BCUT2D eigenvalue weighted by Crippen LogP contribution is 2.25. The number of aromatic nitrogens is 1. The van der Waals surface area contributed by atoms with E-state index in [0.717, 1.165) is 16.5 Å². The number of likely N-dealkylation sites (tertiary alicyclic amines) is 1. The number of carbonyl (C=O) groups is 2. The third-order valence-corrected chi connectivity index (χ3v) is 5.29. The van der Waals surface area contributed by atoms with Gasteiger partial charge >= 0.3 is 0 Å². The Bertz CT molecular complexity index is 1050. The monoisotopic (exact) mass is 399 g/mol. The molecule has 0 unspecified atom stereocenters. The summed E-state index contributed by atoms with van der Waals surface area (Å²) in [4.78, 5) is 29.7. The fourth-order valence-electron chi connectivity index (χ4n) is 3.59. The molecule has 3 aromatic rings. The number of H-pyrrole nitrogens is 1. The summed E-state index contributed by atoms with van der Waals surface area (Å²) in [7, 11) is 0. The van der Waals surface area contributed by atoms with Crippen molar-refractivity contribution in [3.8, 4) is 0 Å². The van der Waals surface area contributed by atoms with Crippen LogP contribution < -0.4 is 5.32 Å². The number of rotatable bonds is 5. The van der Waals surface area contributed by atoms with Gasteiger partial charge in [-0.25, -0.2) is 4.39 Å². The van der Waals surface area contributed by atoms with E-state index in [1.165, 1.54) is 18.2 Å². The Hall–Kier alpha value is -2.86. The number of hydrogen-bond donors (Lipinski definition) is 2. The summed E-state index contributed by atoms with van der Waals surface area (Å²) in [5.74, 6) is -1.16. The van der Waals surface area contributed by atoms with Gasteiger partial charge in [0.2, 0.25) is 11.8 Å². The number of aromatic amines is 1. The zero-order chi connectivity index (χ0) is 19.7. The lowest BCUT2D eigenvalue weighted by molar-refractivity contribution is -0.128. The number of carbonyl (C=O) groups excluding carboxylic acids is 2. The Morgan fingerprint density at radius 2 is 2.14 bits per heavy atom. The standard InChI is InChI=1S/C21H19ClFN3O2/c22-15-4-5-19-18(9-15)13(11-24-19)6-7-26-12-14(8-20(26)27)21(28)25-17-3-1-2-16(23)10-17/h1-5,9-11,14,24H,6-8,12H2,(H,25,28)/t14-/m1/s1. The molecule has 28 heavy (non-hydrogen) atoms. The smallest absolute Gasteiger partial charge is 0.229 e. The maximum atomic E-state index is 13.3. The SMILES string of the molecule is O=C(Nc1cccc(F)c1)[C@@H]1CC(=O)N(CCc2c[nH]c3ccc(Cl)cc23)C1. The molecule has 7 heteroatoms. The number of halogens is 2. The number of benzene rings is 2. The van der Waals surface area contributed by atoms with Gasteiger partial charge in [0.25, 0.3) is 0 Å². The van der Waals surface area contributed by atoms with Gasteiger partial charge in [-0.05, 0) is 48.4 Å². The number of fused-ring (bicyclic) bond motifs is 1. The van der Waals surface area contributed by atoms with Crippen molar-refractivity contribution in [1.82, 2.24) is 9.88 Å². The molecule has 1 aliphatic heterocycles. The number of nitrogens with zero attached hydrogens (tertiary/aromatic N) is 1. The summed E-state index contributed by atoms with van der Waals surface area (Å²) in [6.45, 7) is 0.894. The second-order valence-corrected chi connectivity index (χ2v) is 7.43. The lowest BCUT2D eigenvalue weighted by atomic mass is 10.1. The molecule has 0 bridgehead atoms. The van der Waals surface area contributed by atoms with Crippen molar-refractivity contribution >= 4 is 40.0 Å². The lowest BCUT2D eigenvalue weighted by Gasteiger charge is -2.16. The first-order valence-corrected chi connectivity index (χ1v) is 9.47. The number of amides is 2. The highest BCUT2D eigenvalue weighted by molar-refractivity contribution is 6.31. The molecule has 2 aromatic carbocycles. The molecule has 1 fully saturated rings. The van der Waals surface area contributed by atoms with Crippen molar-refractivity contribution in [3.05, 3.63) is 65.1 Å². The van der Waals surface area contributed by atoms with Gasteiger partial charge in [0.15, 0.2) is 0 Å². The summed E-state index contributed by atoms with van der Waals surface area (Å²) in [6, 6.07) is 11.4. The highest BCUT2D eigenvalue weighted by Gasteiger charge is 2.34. The van der Waals surface area contributed by atoms with Crippen LogP contribution in [-0.2, 0) is 16.0 Å². The average molecular weight is 400 g/mol. The van der Waals surface area contributed by atoms with Crippen molar-refractivity contribution in [3.63, 3.8) is 0 Å². The van der Waals surface area contributed by atoms with Crippen LogP contribution >= 0.6 is 11.6 Å². The molecule has 1 saturated heterocycles. The van der Waals surface area contributed by atoms with Gasteiger partial charge < -0.3 is 15.2 Å². The normalized spacial score (nSPS) is 16.7. The van der Waals surface area contributed by atoms with Crippen LogP contribution in [-0.4, -0.2) is 34.8 Å². The molecule has 4 rings (SSSR count). The predicted molar refractivity (Wildman–Crippen MR) is 107 cm³/mol. The molecule has 0 radical (unpaired) electrons. The number of anilines is 1. The second kappa shape index (κ2) is 7.64. The van der Waals surface area contributed by atoms with E-state index < -0.39 is 11.7 Å². The fraction of sp³-hybridized carbons (Fsp3) is 0.238. The molecule has 144 valence electrons. The average Bonchev–Trinajstić information content (AvgIpc) is 3.23. The largest absolute Gasteiger partial charge is 0.361 e. The van der Waals surface area contributed by atoms with E-state index in [4.69, 9.17) is 11.6 Å². The lowest BCUT2D eigenvalue weighted by Crippen LogP contribution is -2.30.